The number of sulfonamides is 1. The van der Waals surface area contributed by atoms with E-state index < -0.39 is 10.0 Å². The Labute approximate surface area is 222 Å². The molecule has 2 aliphatic heterocycles. The first-order valence-corrected chi connectivity index (χ1v) is 15.0. The molecule has 0 spiro atoms. The van der Waals surface area contributed by atoms with E-state index in [1.807, 2.05) is 23.1 Å². The fourth-order valence-electron chi connectivity index (χ4n) is 5.25. The number of halogens is 1. The summed E-state index contributed by atoms with van der Waals surface area (Å²) >= 11 is 7.37. The van der Waals surface area contributed by atoms with Crippen LogP contribution in [0.3, 0.4) is 0 Å². The largest absolute Gasteiger partial charge is 0.340 e. The molecule has 3 heterocycles. The maximum absolute atomic E-state index is 13.4. The molecule has 2 atom stereocenters. The summed E-state index contributed by atoms with van der Waals surface area (Å²) in [7, 11) is -3.54. The van der Waals surface area contributed by atoms with Crippen molar-refractivity contribution in [1.82, 2.24) is 14.1 Å². The number of rotatable bonds is 6. The minimum atomic E-state index is -3.54. The first kappa shape index (κ1) is 25.4. The molecule has 0 bridgehead atoms. The van der Waals surface area contributed by atoms with Crippen LogP contribution in [-0.2, 0) is 14.8 Å². The minimum absolute atomic E-state index is 0.0727. The van der Waals surface area contributed by atoms with Gasteiger partial charge in [-0.25, -0.2) is 8.42 Å². The van der Waals surface area contributed by atoms with Crippen LogP contribution < -0.4 is 0 Å². The first-order valence-electron chi connectivity index (χ1n) is 12.3. The molecule has 2 fully saturated rings. The van der Waals surface area contributed by atoms with E-state index in [2.05, 4.69) is 41.3 Å². The molecule has 0 saturated carbocycles. The second kappa shape index (κ2) is 11.0. The maximum Gasteiger partial charge on any atom is 0.252 e. The number of benzene rings is 2. The van der Waals surface area contributed by atoms with Crippen molar-refractivity contribution >= 4 is 38.9 Å². The van der Waals surface area contributed by atoms with Gasteiger partial charge in [0.2, 0.25) is 5.91 Å². The van der Waals surface area contributed by atoms with E-state index in [1.165, 1.54) is 26.8 Å². The van der Waals surface area contributed by atoms with E-state index in [9.17, 15) is 13.2 Å². The number of carbonyl (C=O) groups excluding carboxylic acids is 1. The molecule has 1 amide bonds. The number of thiophene rings is 1. The second-order valence-electron chi connectivity index (χ2n) is 9.36. The number of piperazine rings is 1. The van der Waals surface area contributed by atoms with Crippen LogP contribution in [0, 0.1) is 5.92 Å². The fraction of sp³-hybridized carbons (Fsp3) is 0.370. The Morgan fingerprint density at radius 3 is 2.25 bits per heavy atom. The normalized spacial score (nSPS) is 20.8. The maximum atomic E-state index is 13.4. The van der Waals surface area contributed by atoms with Crippen LogP contribution in [0.2, 0.25) is 5.02 Å². The molecule has 2 saturated heterocycles. The van der Waals surface area contributed by atoms with Gasteiger partial charge in [0.25, 0.3) is 10.0 Å². The van der Waals surface area contributed by atoms with Crippen molar-refractivity contribution in [2.24, 2.45) is 5.92 Å². The average Bonchev–Trinajstić information content (AvgIpc) is 3.47. The van der Waals surface area contributed by atoms with Crippen molar-refractivity contribution in [3.05, 3.63) is 88.3 Å². The molecule has 5 rings (SSSR count). The van der Waals surface area contributed by atoms with Gasteiger partial charge in [-0.15, -0.1) is 11.3 Å². The van der Waals surface area contributed by atoms with Crippen molar-refractivity contribution in [3.63, 3.8) is 0 Å². The lowest BCUT2D eigenvalue weighted by Gasteiger charge is -2.41. The molecule has 6 nitrogen and oxygen atoms in total. The summed E-state index contributed by atoms with van der Waals surface area (Å²) in [4.78, 5) is 17.8. The van der Waals surface area contributed by atoms with Gasteiger partial charge in [-0.2, -0.15) is 4.31 Å². The first-order chi connectivity index (χ1) is 17.4. The molecule has 2 aromatic carbocycles. The lowest BCUT2D eigenvalue weighted by molar-refractivity contribution is -0.138. The van der Waals surface area contributed by atoms with Gasteiger partial charge in [-0.3, -0.25) is 9.69 Å². The highest BCUT2D eigenvalue weighted by Crippen LogP contribution is 2.32. The molecule has 0 N–H and O–H groups in total. The van der Waals surface area contributed by atoms with Crippen LogP contribution in [0.1, 0.15) is 30.0 Å². The van der Waals surface area contributed by atoms with Crippen LogP contribution in [0.15, 0.2) is 76.3 Å². The minimum Gasteiger partial charge on any atom is -0.340 e. The van der Waals surface area contributed by atoms with E-state index in [-0.39, 0.29) is 24.4 Å². The lowest BCUT2D eigenvalue weighted by Crippen LogP contribution is -2.53. The molecule has 1 aromatic heterocycles. The molecule has 190 valence electrons. The molecule has 0 aliphatic carbocycles. The second-order valence-corrected chi connectivity index (χ2v) is 12.9. The lowest BCUT2D eigenvalue weighted by atomic mass is 9.95. The van der Waals surface area contributed by atoms with E-state index >= 15 is 0 Å². The number of carbonyl (C=O) groups is 1. The molecule has 36 heavy (non-hydrogen) atoms. The van der Waals surface area contributed by atoms with E-state index in [0.717, 1.165) is 19.5 Å². The predicted octanol–water partition coefficient (Wildman–Crippen LogP) is 4.74. The topological polar surface area (TPSA) is 60.9 Å². The van der Waals surface area contributed by atoms with Gasteiger partial charge in [0, 0.05) is 44.3 Å². The zero-order valence-electron chi connectivity index (χ0n) is 20.0. The molecule has 0 unspecified atom stereocenters. The Hall–Kier alpha value is -2.23. The van der Waals surface area contributed by atoms with Crippen molar-refractivity contribution in [2.45, 2.75) is 23.1 Å². The zero-order valence-corrected chi connectivity index (χ0v) is 22.4. The van der Waals surface area contributed by atoms with E-state index in [4.69, 9.17) is 11.6 Å². The highest BCUT2D eigenvalue weighted by atomic mass is 35.5. The van der Waals surface area contributed by atoms with Gasteiger partial charge in [-0.1, -0.05) is 60.1 Å². The number of nitrogens with zero attached hydrogens (tertiary/aromatic N) is 3. The SMILES string of the molecule is O=C([C@H]1CCCN(S(=O)(=O)c2cccs2)C1)N1CCN([C@H](c2ccccc2)c2ccc(Cl)cc2)CC1. The number of hydrogen-bond donors (Lipinski definition) is 0. The highest BCUT2D eigenvalue weighted by Gasteiger charge is 2.37. The van der Waals surface area contributed by atoms with E-state index in [0.29, 0.717) is 35.3 Å². The summed E-state index contributed by atoms with van der Waals surface area (Å²) in [5.41, 5.74) is 2.38. The number of piperidine rings is 1. The van der Waals surface area contributed by atoms with Gasteiger partial charge in [0.05, 0.1) is 12.0 Å². The Balaban J connectivity index is 1.26. The zero-order chi connectivity index (χ0) is 25.1. The third-order valence-electron chi connectivity index (χ3n) is 7.11. The monoisotopic (exact) mass is 543 g/mol. The number of hydrogen-bond acceptors (Lipinski definition) is 5. The summed E-state index contributed by atoms with van der Waals surface area (Å²) in [5.74, 6) is -0.218. The quantitative estimate of drug-likeness (QED) is 0.451. The molecule has 2 aliphatic rings. The van der Waals surface area contributed by atoms with Crippen molar-refractivity contribution in [2.75, 3.05) is 39.3 Å². The summed E-state index contributed by atoms with van der Waals surface area (Å²) in [6.45, 7) is 3.48. The van der Waals surface area contributed by atoms with Gasteiger partial charge >= 0.3 is 0 Å². The van der Waals surface area contributed by atoms with Gasteiger partial charge < -0.3 is 4.90 Å². The molecule has 9 heteroatoms. The Morgan fingerprint density at radius 2 is 1.58 bits per heavy atom. The predicted molar refractivity (Wildman–Crippen MR) is 144 cm³/mol. The Kier molecular flexibility index (Phi) is 7.79. The third-order valence-corrected chi connectivity index (χ3v) is 10.6. The third kappa shape index (κ3) is 5.38. The molecule has 3 aromatic rings. The molecular weight excluding hydrogens is 514 g/mol. The van der Waals surface area contributed by atoms with Gasteiger partial charge in [0.15, 0.2) is 0 Å². The van der Waals surface area contributed by atoms with Crippen LogP contribution in [-0.4, -0.2) is 67.7 Å². The standard InChI is InChI=1S/C27H30ClN3O3S2/c28-24-12-10-22(11-13-24)26(21-6-2-1-3-7-21)29-15-17-30(18-16-29)27(32)23-8-4-14-31(20-23)36(33,34)25-9-5-19-35-25/h1-3,5-7,9-13,19,23,26H,4,8,14-18,20H2/t23-,26+/m0/s1. The van der Waals surface area contributed by atoms with Crippen LogP contribution >= 0.6 is 22.9 Å². The molecule has 0 radical (unpaired) electrons. The summed E-state index contributed by atoms with van der Waals surface area (Å²) in [6.07, 6.45) is 1.43. The van der Waals surface area contributed by atoms with Crippen molar-refractivity contribution in [1.29, 1.82) is 0 Å². The average molecular weight is 544 g/mol. The smallest absolute Gasteiger partial charge is 0.252 e. The van der Waals surface area contributed by atoms with Crippen LogP contribution in [0.25, 0.3) is 0 Å². The highest BCUT2D eigenvalue weighted by molar-refractivity contribution is 7.91. The Morgan fingerprint density at radius 1 is 0.889 bits per heavy atom. The van der Waals surface area contributed by atoms with Crippen molar-refractivity contribution in [3.8, 4) is 0 Å². The van der Waals surface area contributed by atoms with E-state index in [1.54, 1.807) is 17.5 Å². The van der Waals surface area contributed by atoms with Crippen LogP contribution in [0.4, 0.5) is 0 Å². The fourth-order valence-corrected chi connectivity index (χ4v) is 8.05. The van der Waals surface area contributed by atoms with Crippen molar-refractivity contribution < 1.29 is 13.2 Å². The summed E-state index contributed by atoms with van der Waals surface area (Å²) in [5, 5.41) is 2.48. The molecular formula is C27H30ClN3O3S2. The van der Waals surface area contributed by atoms with Gasteiger partial charge in [-0.05, 0) is 47.5 Å². The Bertz CT molecular complexity index is 1260. The summed E-state index contributed by atoms with van der Waals surface area (Å²) in [6, 6.07) is 21.9. The summed E-state index contributed by atoms with van der Waals surface area (Å²) < 4.78 is 27.8. The van der Waals surface area contributed by atoms with Gasteiger partial charge in [0.1, 0.15) is 4.21 Å². The number of amides is 1. The van der Waals surface area contributed by atoms with Crippen LogP contribution in [0.5, 0.6) is 0 Å².